The van der Waals surface area contributed by atoms with E-state index in [1.54, 1.807) is 6.20 Å². The van der Waals surface area contributed by atoms with Crippen molar-refractivity contribution in [3.05, 3.63) is 36.5 Å². The molecule has 0 aliphatic rings. The van der Waals surface area contributed by atoms with Gasteiger partial charge in [-0.3, -0.25) is 4.98 Å². The molecule has 0 amide bonds. The third-order valence-electron chi connectivity index (χ3n) is 2.53. The smallest absolute Gasteiger partial charge is 0.145 e. The third kappa shape index (κ3) is 2.93. The van der Waals surface area contributed by atoms with Crippen LogP contribution in [0.1, 0.15) is 6.42 Å². The normalized spacial score (nSPS) is 12.6. The molecule has 17 heavy (non-hydrogen) atoms. The number of benzene rings is 1. The second-order valence-electron chi connectivity index (χ2n) is 3.87. The Morgan fingerprint density at radius 3 is 2.94 bits per heavy atom. The molecule has 0 aliphatic carbocycles. The van der Waals surface area contributed by atoms with Crippen molar-refractivity contribution in [1.82, 2.24) is 4.98 Å². The largest absolute Gasteiger partial charge is 0.489 e. The van der Waals surface area contributed by atoms with Gasteiger partial charge in [0.1, 0.15) is 17.9 Å². The lowest BCUT2D eigenvalue weighted by Crippen LogP contribution is -2.21. The zero-order chi connectivity index (χ0) is 12.1. The van der Waals surface area contributed by atoms with E-state index in [2.05, 4.69) is 4.98 Å². The number of hydrogen-bond donors (Lipinski definition) is 2. The molecule has 4 nitrogen and oxygen atoms in total. The molecule has 1 aromatic heterocycles. The highest BCUT2D eigenvalue weighted by atomic mass is 16.5. The van der Waals surface area contributed by atoms with Crippen LogP contribution < -0.4 is 10.5 Å². The Hall–Kier alpha value is -1.65. The molecule has 0 fully saturated rings. The SMILES string of the molecule is NCCC(O)COc1cccc2cccnc12. The molecule has 2 rings (SSSR count). The maximum absolute atomic E-state index is 9.56. The Bertz CT molecular complexity index is 482. The molecule has 0 bridgehead atoms. The Kier molecular flexibility index (Phi) is 3.90. The topological polar surface area (TPSA) is 68.4 Å². The van der Waals surface area contributed by atoms with Gasteiger partial charge < -0.3 is 15.6 Å². The predicted octanol–water partition coefficient (Wildman–Crippen LogP) is 1.32. The van der Waals surface area contributed by atoms with E-state index in [1.807, 2.05) is 30.3 Å². The summed E-state index contributed by atoms with van der Waals surface area (Å²) in [7, 11) is 0. The second-order valence-corrected chi connectivity index (χ2v) is 3.87. The van der Waals surface area contributed by atoms with Crippen LogP contribution in [0.3, 0.4) is 0 Å². The van der Waals surface area contributed by atoms with E-state index < -0.39 is 6.10 Å². The van der Waals surface area contributed by atoms with Crippen LogP contribution in [0.4, 0.5) is 0 Å². The number of fused-ring (bicyclic) bond motifs is 1. The van der Waals surface area contributed by atoms with Crippen LogP contribution in [0.5, 0.6) is 5.75 Å². The Labute approximate surface area is 100 Å². The molecule has 90 valence electrons. The number of rotatable bonds is 5. The molecule has 0 saturated carbocycles. The summed E-state index contributed by atoms with van der Waals surface area (Å²) in [5.74, 6) is 0.694. The number of ether oxygens (including phenoxy) is 1. The molecule has 0 aliphatic heterocycles. The Morgan fingerprint density at radius 2 is 2.12 bits per heavy atom. The number of hydrogen-bond acceptors (Lipinski definition) is 4. The van der Waals surface area contributed by atoms with Crippen LogP contribution in [0.15, 0.2) is 36.5 Å². The lowest BCUT2D eigenvalue weighted by Gasteiger charge is -2.12. The van der Waals surface area contributed by atoms with Gasteiger partial charge in [-0.15, -0.1) is 0 Å². The van der Waals surface area contributed by atoms with Crippen molar-refractivity contribution in [1.29, 1.82) is 0 Å². The van der Waals surface area contributed by atoms with E-state index >= 15 is 0 Å². The van der Waals surface area contributed by atoms with Crippen LogP contribution >= 0.6 is 0 Å². The average Bonchev–Trinajstić information content (AvgIpc) is 2.36. The summed E-state index contributed by atoms with van der Waals surface area (Å²) in [5.41, 5.74) is 6.18. The molecule has 4 heteroatoms. The summed E-state index contributed by atoms with van der Waals surface area (Å²) in [6.07, 6.45) is 1.74. The molecular weight excluding hydrogens is 216 g/mol. The number of aliphatic hydroxyl groups excluding tert-OH is 1. The first-order valence-electron chi connectivity index (χ1n) is 5.66. The first kappa shape index (κ1) is 11.8. The summed E-state index contributed by atoms with van der Waals surface area (Å²) >= 11 is 0. The maximum Gasteiger partial charge on any atom is 0.145 e. The van der Waals surface area contributed by atoms with Gasteiger partial charge in [0, 0.05) is 11.6 Å². The average molecular weight is 232 g/mol. The van der Waals surface area contributed by atoms with Crippen molar-refractivity contribution in [3.63, 3.8) is 0 Å². The molecule has 2 aromatic rings. The van der Waals surface area contributed by atoms with Gasteiger partial charge in [0.15, 0.2) is 0 Å². The molecule has 0 spiro atoms. The fourth-order valence-electron chi connectivity index (χ4n) is 1.65. The Morgan fingerprint density at radius 1 is 1.29 bits per heavy atom. The number of aliphatic hydroxyl groups is 1. The van der Waals surface area contributed by atoms with E-state index in [4.69, 9.17) is 10.5 Å². The summed E-state index contributed by atoms with van der Waals surface area (Å²) in [6.45, 7) is 0.700. The number of pyridine rings is 1. The fourth-order valence-corrected chi connectivity index (χ4v) is 1.65. The fraction of sp³-hybridized carbons (Fsp3) is 0.308. The highest BCUT2D eigenvalue weighted by Crippen LogP contribution is 2.22. The van der Waals surface area contributed by atoms with Crippen LogP contribution in [-0.2, 0) is 0 Å². The quantitative estimate of drug-likeness (QED) is 0.816. The highest BCUT2D eigenvalue weighted by molar-refractivity contribution is 5.84. The number of nitrogens with two attached hydrogens (primary N) is 1. The summed E-state index contributed by atoms with van der Waals surface area (Å²) < 4.78 is 5.57. The lowest BCUT2D eigenvalue weighted by molar-refractivity contribution is 0.103. The number of aromatic nitrogens is 1. The monoisotopic (exact) mass is 232 g/mol. The maximum atomic E-state index is 9.56. The van der Waals surface area contributed by atoms with E-state index in [0.717, 1.165) is 10.9 Å². The Balaban J connectivity index is 2.13. The van der Waals surface area contributed by atoms with Gasteiger partial charge in [-0.2, -0.15) is 0 Å². The van der Waals surface area contributed by atoms with Crippen molar-refractivity contribution in [2.24, 2.45) is 5.73 Å². The second kappa shape index (κ2) is 5.61. The first-order valence-corrected chi connectivity index (χ1v) is 5.66. The van der Waals surface area contributed by atoms with Crippen molar-refractivity contribution < 1.29 is 9.84 Å². The van der Waals surface area contributed by atoms with E-state index in [9.17, 15) is 5.11 Å². The molecule has 1 atom stereocenters. The zero-order valence-corrected chi connectivity index (χ0v) is 9.54. The number of para-hydroxylation sites is 1. The van der Waals surface area contributed by atoms with Gasteiger partial charge in [-0.1, -0.05) is 18.2 Å². The molecule has 0 radical (unpaired) electrons. The van der Waals surface area contributed by atoms with Gasteiger partial charge in [-0.05, 0) is 25.1 Å². The van der Waals surface area contributed by atoms with E-state index in [-0.39, 0.29) is 6.61 Å². The molecule has 1 heterocycles. The first-order chi connectivity index (χ1) is 8.31. The van der Waals surface area contributed by atoms with Gasteiger partial charge in [0.05, 0.1) is 6.10 Å². The van der Waals surface area contributed by atoms with Crippen molar-refractivity contribution >= 4 is 10.9 Å². The molecule has 0 saturated heterocycles. The van der Waals surface area contributed by atoms with Crippen LogP contribution in [-0.4, -0.2) is 29.3 Å². The van der Waals surface area contributed by atoms with Gasteiger partial charge in [0.25, 0.3) is 0 Å². The van der Waals surface area contributed by atoms with E-state index in [1.165, 1.54) is 0 Å². The minimum atomic E-state index is -0.529. The molecule has 1 aromatic carbocycles. The third-order valence-corrected chi connectivity index (χ3v) is 2.53. The van der Waals surface area contributed by atoms with Crippen molar-refractivity contribution in [2.75, 3.05) is 13.2 Å². The van der Waals surface area contributed by atoms with Crippen LogP contribution in [0.2, 0.25) is 0 Å². The highest BCUT2D eigenvalue weighted by Gasteiger charge is 2.06. The van der Waals surface area contributed by atoms with Gasteiger partial charge in [0.2, 0.25) is 0 Å². The molecular formula is C13H16N2O2. The molecule has 1 unspecified atom stereocenters. The van der Waals surface area contributed by atoms with Crippen LogP contribution in [0, 0.1) is 0 Å². The van der Waals surface area contributed by atoms with Crippen molar-refractivity contribution in [3.8, 4) is 5.75 Å². The van der Waals surface area contributed by atoms with Crippen molar-refractivity contribution in [2.45, 2.75) is 12.5 Å². The summed E-state index contributed by atoms with van der Waals surface area (Å²) in [5, 5.41) is 10.6. The minimum absolute atomic E-state index is 0.243. The zero-order valence-electron chi connectivity index (χ0n) is 9.54. The summed E-state index contributed by atoms with van der Waals surface area (Å²) in [4.78, 5) is 4.27. The van der Waals surface area contributed by atoms with Gasteiger partial charge in [-0.25, -0.2) is 0 Å². The standard InChI is InChI=1S/C13H16N2O2/c14-7-6-11(16)9-17-12-5-1-3-10-4-2-8-15-13(10)12/h1-5,8,11,16H,6-7,9,14H2. The van der Waals surface area contributed by atoms with E-state index in [0.29, 0.717) is 18.7 Å². The minimum Gasteiger partial charge on any atom is -0.489 e. The van der Waals surface area contributed by atoms with Gasteiger partial charge >= 0.3 is 0 Å². The predicted molar refractivity (Wildman–Crippen MR) is 66.9 cm³/mol. The number of nitrogens with zero attached hydrogens (tertiary/aromatic N) is 1. The van der Waals surface area contributed by atoms with Crippen LogP contribution in [0.25, 0.3) is 10.9 Å². The lowest BCUT2D eigenvalue weighted by atomic mass is 10.2. The summed E-state index contributed by atoms with van der Waals surface area (Å²) in [6, 6.07) is 9.60. The molecule has 3 N–H and O–H groups in total.